The first-order valence-electron chi connectivity index (χ1n) is 12.1. The van der Waals surface area contributed by atoms with Crippen LogP contribution in [0.25, 0.3) is 22.2 Å². The van der Waals surface area contributed by atoms with Gasteiger partial charge in [0.1, 0.15) is 18.7 Å². The number of hydrogen-bond donors (Lipinski definition) is 2. The number of anilines is 2. The van der Waals surface area contributed by atoms with Crippen molar-refractivity contribution < 1.29 is 14.3 Å². The molecule has 2 aliphatic rings. The van der Waals surface area contributed by atoms with Crippen molar-refractivity contribution >= 4 is 46.3 Å². The van der Waals surface area contributed by atoms with Crippen LogP contribution >= 0.6 is 11.6 Å². The second-order valence-corrected chi connectivity index (χ2v) is 9.43. The van der Waals surface area contributed by atoms with Gasteiger partial charge in [-0.1, -0.05) is 29.8 Å². The third-order valence-corrected chi connectivity index (χ3v) is 6.87. The fraction of sp³-hybridized carbons (Fsp3) is 0.259. The molecule has 2 aromatic heterocycles. The molecule has 0 aliphatic carbocycles. The van der Waals surface area contributed by atoms with Crippen LogP contribution in [0.4, 0.5) is 11.5 Å². The van der Waals surface area contributed by atoms with E-state index in [9.17, 15) is 4.79 Å². The van der Waals surface area contributed by atoms with Crippen LogP contribution < -0.4 is 20.1 Å². The highest BCUT2D eigenvalue weighted by atomic mass is 35.5. The maximum atomic E-state index is 11.4. The van der Waals surface area contributed by atoms with Gasteiger partial charge in [0.2, 0.25) is 5.91 Å². The monoisotopic (exact) mass is 516 g/mol. The van der Waals surface area contributed by atoms with Crippen LogP contribution in [-0.2, 0) is 11.8 Å². The van der Waals surface area contributed by atoms with Crippen molar-refractivity contribution in [3.05, 3.63) is 59.2 Å². The molecule has 1 atom stereocenters. The number of hydrogen-bond acceptors (Lipinski definition) is 7. The number of nitrogens with one attached hydrogen (secondary N) is 2. The number of ether oxygens (including phenoxy) is 2. The van der Waals surface area contributed by atoms with E-state index in [-0.39, 0.29) is 11.9 Å². The first kappa shape index (κ1) is 23.3. The smallest absolute Gasteiger partial charge is 0.220 e. The Morgan fingerprint density at radius 3 is 2.92 bits per heavy atom. The molecule has 2 N–H and O–H groups in total. The Bertz CT molecular complexity index is 1530. The van der Waals surface area contributed by atoms with E-state index in [1.165, 1.54) is 0 Å². The van der Waals surface area contributed by atoms with Crippen LogP contribution in [0.1, 0.15) is 18.4 Å². The lowest BCUT2D eigenvalue weighted by Gasteiger charge is -2.19. The van der Waals surface area contributed by atoms with Crippen LogP contribution in [0.5, 0.6) is 11.5 Å². The summed E-state index contributed by atoms with van der Waals surface area (Å²) in [6, 6.07) is 13.7. The molecule has 37 heavy (non-hydrogen) atoms. The second kappa shape index (κ2) is 9.74. The van der Waals surface area contributed by atoms with Gasteiger partial charge in [0.15, 0.2) is 17.3 Å². The topological polar surface area (TPSA) is 103 Å². The van der Waals surface area contributed by atoms with Crippen molar-refractivity contribution in [1.82, 2.24) is 20.1 Å². The number of halogens is 1. The fourth-order valence-electron chi connectivity index (χ4n) is 4.59. The second-order valence-electron chi connectivity index (χ2n) is 9.06. The number of aliphatic imine (C=N–C) groups is 1. The van der Waals surface area contributed by atoms with E-state index >= 15 is 0 Å². The van der Waals surface area contributed by atoms with Gasteiger partial charge in [-0.3, -0.25) is 14.5 Å². The number of pyridine rings is 1. The largest absolute Gasteiger partial charge is 0.486 e. The lowest BCUT2D eigenvalue weighted by Crippen LogP contribution is -2.27. The Kier molecular flexibility index (Phi) is 6.13. The third-order valence-electron chi connectivity index (χ3n) is 6.47. The Morgan fingerprint density at radius 2 is 2.08 bits per heavy atom. The fourth-order valence-corrected chi connectivity index (χ4v) is 4.88. The summed E-state index contributed by atoms with van der Waals surface area (Å²) < 4.78 is 13.1. The minimum Gasteiger partial charge on any atom is -0.486 e. The summed E-state index contributed by atoms with van der Waals surface area (Å²) >= 11 is 6.85. The molecule has 6 rings (SSSR count). The molecule has 2 aromatic carbocycles. The van der Waals surface area contributed by atoms with Gasteiger partial charge in [0.25, 0.3) is 0 Å². The van der Waals surface area contributed by atoms with Crippen LogP contribution in [0.3, 0.4) is 0 Å². The standard InChI is InChI=1S/C27H25ClN6O3/c1-34-21-11-16(13-29-15-18-6-8-24(35)31-18)14-30-26(21)27(33-34)32-20-4-2-3-19(25(20)28)17-5-7-22-23(12-17)37-10-9-36-22/h2-5,7,11-14,18H,6,8-10,15H2,1H3,(H,31,35)(H,32,33)/t18-/m0/s1. The van der Waals surface area contributed by atoms with Crippen molar-refractivity contribution in [1.29, 1.82) is 0 Å². The summed E-state index contributed by atoms with van der Waals surface area (Å²) in [6.45, 7) is 1.63. The molecular weight excluding hydrogens is 492 g/mol. The van der Waals surface area contributed by atoms with Gasteiger partial charge in [0, 0.05) is 43.0 Å². The van der Waals surface area contributed by atoms with Gasteiger partial charge >= 0.3 is 0 Å². The van der Waals surface area contributed by atoms with Crippen molar-refractivity contribution in [3.8, 4) is 22.6 Å². The Labute approximate surface area is 218 Å². The summed E-state index contributed by atoms with van der Waals surface area (Å²) in [4.78, 5) is 20.5. The lowest BCUT2D eigenvalue weighted by atomic mass is 10.0. The molecular formula is C27H25ClN6O3. The number of carbonyl (C=O) groups excluding carboxylic acids is 1. The number of carbonyl (C=O) groups is 1. The van der Waals surface area contributed by atoms with Gasteiger partial charge in [-0.15, -0.1) is 0 Å². The molecule has 10 heteroatoms. The van der Waals surface area contributed by atoms with E-state index in [0.29, 0.717) is 42.8 Å². The number of benzene rings is 2. The molecule has 0 bridgehead atoms. The number of aryl methyl sites for hydroxylation is 1. The van der Waals surface area contributed by atoms with Crippen molar-refractivity contribution in [2.75, 3.05) is 25.1 Å². The first-order chi connectivity index (χ1) is 18.0. The maximum Gasteiger partial charge on any atom is 0.220 e. The van der Waals surface area contributed by atoms with E-state index in [0.717, 1.165) is 45.6 Å². The average molecular weight is 517 g/mol. The minimum atomic E-state index is 0.0927. The van der Waals surface area contributed by atoms with E-state index in [2.05, 4.69) is 25.7 Å². The highest BCUT2D eigenvalue weighted by Gasteiger charge is 2.20. The molecule has 1 amide bonds. The molecule has 9 nitrogen and oxygen atoms in total. The van der Waals surface area contributed by atoms with E-state index < -0.39 is 0 Å². The number of rotatable bonds is 6. The zero-order chi connectivity index (χ0) is 25.4. The molecule has 0 unspecified atom stereocenters. The van der Waals surface area contributed by atoms with Crippen molar-refractivity contribution in [2.45, 2.75) is 18.9 Å². The first-order valence-corrected chi connectivity index (χ1v) is 12.5. The summed E-state index contributed by atoms with van der Waals surface area (Å²) in [5, 5.41) is 11.5. The van der Waals surface area contributed by atoms with E-state index in [1.54, 1.807) is 17.1 Å². The molecule has 0 spiro atoms. The molecule has 0 saturated carbocycles. The summed E-state index contributed by atoms with van der Waals surface area (Å²) in [5.74, 6) is 2.15. The van der Waals surface area contributed by atoms with Gasteiger partial charge in [-0.05, 0) is 36.2 Å². The van der Waals surface area contributed by atoms with Gasteiger partial charge in [-0.2, -0.15) is 5.10 Å². The molecule has 4 heterocycles. The highest BCUT2D eigenvalue weighted by molar-refractivity contribution is 6.36. The zero-order valence-corrected chi connectivity index (χ0v) is 21.0. The van der Waals surface area contributed by atoms with Crippen LogP contribution in [0.2, 0.25) is 5.02 Å². The van der Waals surface area contributed by atoms with Gasteiger partial charge < -0.3 is 20.1 Å². The molecule has 0 radical (unpaired) electrons. The Balaban J connectivity index is 1.24. The van der Waals surface area contributed by atoms with Gasteiger partial charge in [-0.25, -0.2) is 4.98 Å². The van der Waals surface area contributed by atoms with E-state index in [4.69, 9.17) is 21.1 Å². The summed E-state index contributed by atoms with van der Waals surface area (Å²) in [6.07, 6.45) is 4.94. The highest BCUT2D eigenvalue weighted by Crippen LogP contribution is 2.40. The van der Waals surface area contributed by atoms with Crippen LogP contribution in [0, 0.1) is 0 Å². The Morgan fingerprint density at radius 1 is 1.22 bits per heavy atom. The predicted molar refractivity (Wildman–Crippen MR) is 143 cm³/mol. The zero-order valence-electron chi connectivity index (χ0n) is 20.2. The quantitative estimate of drug-likeness (QED) is 0.366. The van der Waals surface area contributed by atoms with Crippen LogP contribution in [-0.4, -0.2) is 52.7 Å². The SMILES string of the molecule is Cn1nc(Nc2cccc(-c3ccc4c(c3)OCCO4)c2Cl)c2ncc(C=NC[C@@H]3CCC(=O)N3)cc21. The van der Waals surface area contributed by atoms with Crippen molar-refractivity contribution in [3.63, 3.8) is 0 Å². The maximum absolute atomic E-state index is 11.4. The molecule has 188 valence electrons. The number of amides is 1. The minimum absolute atomic E-state index is 0.0927. The van der Waals surface area contributed by atoms with E-state index in [1.807, 2.05) is 49.5 Å². The molecule has 2 aliphatic heterocycles. The lowest BCUT2D eigenvalue weighted by molar-refractivity contribution is -0.119. The molecule has 1 fully saturated rings. The average Bonchev–Trinajstić information content (AvgIpc) is 3.47. The van der Waals surface area contributed by atoms with Crippen molar-refractivity contribution in [2.24, 2.45) is 12.0 Å². The molecule has 1 saturated heterocycles. The molecule has 4 aromatic rings. The normalized spacial score (nSPS) is 16.9. The number of aromatic nitrogens is 3. The Hall–Kier alpha value is -4.11. The third kappa shape index (κ3) is 4.70. The number of nitrogens with zero attached hydrogens (tertiary/aromatic N) is 4. The van der Waals surface area contributed by atoms with Gasteiger partial charge in [0.05, 0.1) is 22.8 Å². The van der Waals surface area contributed by atoms with Crippen LogP contribution in [0.15, 0.2) is 53.7 Å². The summed E-state index contributed by atoms with van der Waals surface area (Å²) in [7, 11) is 1.87. The summed E-state index contributed by atoms with van der Waals surface area (Å²) in [5.41, 5.74) is 4.98. The predicted octanol–water partition coefficient (Wildman–Crippen LogP) is 4.50. The number of fused-ring (bicyclic) bond motifs is 2.